The largest absolute Gasteiger partial charge is 0.418 e. The quantitative estimate of drug-likeness (QED) is 0.635. The third kappa shape index (κ3) is 4.96. The Bertz CT molecular complexity index is 93.6. The first kappa shape index (κ1) is 10.1. The average Bonchev–Trinajstić information content (AvgIpc) is 1.59. The first-order chi connectivity index (χ1) is 4.48. The molecule has 3 heteroatoms. The van der Waals surface area contributed by atoms with Crippen LogP contribution in [0.3, 0.4) is 0 Å². The third-order valence-electron chi connectivity index (χ3n) is 1.35. The molecule has 0 heterocycles. The lowest BCUT2D eigenvalue weighted by Crippen LogP contribution is -2.36. The Hall–Kier alpha value is 0.137. The van der Waals surface area contributed by atoms with Gasteiger partial charge < -0.3 is 10.2 Å². The van der Waals surface area contributed by atoms with Gasteiger partial charge in [-0.15, -0.1) is 0 Å². The van der Waals surface area contributed by atoms with Crippen LogP contribution in [0.4, 0.5) is 0 Å². The van der Waals surface area contributed by atoms with E-state index in [2.05, 4.69) is 13.1 Å². The van der Waals surface area contributed by atoms with Crippen molar-refractivity contribution in [2.24, 2.45) is 5.73 Å². The number of nitrogens with two attached hydrogens (primary N) is 1. The van der Waals surface area contributed by atoms with Gasteiger partial charge in [0.2, 0.25) is 0 Å². The minimum atomic E-state index is -1.39. The van der Waals surface area contributed by atoms with Crippen LogP contribution in [0.25, 0.3) is 0 Å². The predicted molar refractivity (Wildman–Crippen MR) is 47.6 cm³/mol. The summed E-state index contributed by atoms with van der Waals surface area (Å²) >= 11 is 0. The second kappa shape index (κ2) is 4.11. The molecule has 0 spiro atoms. The molecular formula is C7H19NOSi. The van der Waals surface area contributed by atoms with Gasteiger partial charge in [0, 0.05) is 12.6 Å². The summed E-state index contributed by atoms with van der Waals surface area (Å²) in [5.41, 5.74) is 5.66. The summed E-state index contributed by atoms with van der Waals surface area (Å²) in [4.78, 5) is 0. The Kier molecular flexibility index (Phi) is 4.16. The van der Waals surface area contributed by atoms with Gasteiger partial charge in [-0.25, -0.2) is 0 Å². The highest BCUT2D eigenvalue weighted by atomic mass is 28.4. The van der Waals surface area contributed by atoms with E-state index in [0.29, 0.717) is 0 Å². The Morgan fingerprint density at radius 1 is 1.50 bits per heavy atom. The fourth-order valence-corrected chi connectivity index (χ4v) is 3.68. The lowest BCUT2D eigenvalue weighted by Gasteiger charge is -2.23. The number of hydrogen-bond acceptors (Lipinski definition) is 2. The molecule has 2 N–H and O–H groups in total. The highest BCUT2D eigenvalue weighted by Gasteiger charge is 2.22. The molecule has 0 saturated heterocycles. The standard InChI is InChI=1S/C7H19NOSi/c1-5-9-10(3,4)6-7(2)8/h7H,5-6,8H2,1-4H3. The number of hydrogen-bond donors (Lipinski definition) is 1. The maximum Gasteiger partial charge on any atom is 0.188 e. The molecule has 0 aliphatic heterocycles. The van der Waals surface area contributed by atoms with Gasteiger partial charge in [0.25, 0.3) is 0 Å². The molecule has 0 saturated carbocycles. The Balaban J connectivity index is 3.63. The third-order valence-corrected chi connectivity index (χ3v) is 4.05. The van der Waals surface area contributed by atoms with Gasteiger partial charge in [-0.05, 0) is 26.1 Å². The first-order valence-corrected chi connectivity index (χ1v) is 6.99. The van der Waals surface area contributed by atoms with Crippen molar-refractivity contribution in [2.75, 3.05) is 6.61 Å². The summed E-state index contributed by atoms with van der Waals surface area (Å²) in [6.07, 6.45) is 0. The monoisotopic (exact) mass is 161 g/mol. The topological polar surface area (TPSA) is 35.2 Å². The van der Waals surface area contributed by atoms with Crippen molar-refractivity contribution < 1.29 is 4.43 Å². The predicted octanol–water partition coefficient (Wildman–Crippen LogP) is 1.58. The van der Waals surface area contributed by atoms with Crippen LogP contribution >= 0.6 is 0 Å². The van der Waals surface area contributed by atoms with E-state index in [0.717, 1.165) is 12.7 Å². The van der Waals surface area contributed by atoms with Crippen molar-refractivity contribution in [3.8, 4) is 0 Å². The van der Waals surface area contributed by atoms with E-state index < -0.39 is 8.32 Å². The number of rotatable bonds is 4. The van der Waals surface area contributed by atoms with Crippen molar-refractivity contribution in [3.05, 3.63) is 0 Å². The van der Waals surface area contributed by atoms with Crippen LogP contribution in [0.5, 0.6) is 0 Å². The lowest BCUT2D eigenvalue weighted by atomic mass is 10.4. The van der Waals surface area contributed by atoms with Crippen LogP contribution in [0.1, 0.15) is 13.8 Å². The second-order valence-electron chi connectivity index (χ2n) is 3.37. The SMILES string of the molecule is CCO[Si](C)(C)CC(C)N. The Labute approximate surface area is 64.9 Å². The molecule has 0 aliphatic rings. The van der Waals surface area contributed by atoms with Gasteiger partial charge in [0.15, 0.2) is 8.32 Å². The highest BCUT2D eigenvalue weighted by molar-refractivity contribution is 6.71. The van der Waals surface area contributed by atoms with E-state index in [4.69, 9.17) is 10.2 Å². The van der Waals surface area contributed by atoms with Crippen molar-refractivity contribution in [3.63, 3.8) is 0 Å². The van der Waals surface area contributed by atoms with Crippen molar-refractivity contribution >= 4 is 8.32 Å². The molecule has 0 radical (unpaired) electrons. The first-order valence-electron chi connectivity index (χ1n) is 3.87. The molecule has 0 aromatic rings. The lowest BCUT2D eigenvalue weighted by molar-refractivity contribution is 0.327. The minimum absolute atomic E-state index is 0.285. The molecule has 62 valence electrons. The Morgan fingerprint density at radius 3 is 2.30 bits per heavy atom. The summed E-state index contributed by atoms with van der Waals surface area (Å²) in [5.74, 6) is 0. The van der Waals surface area contributed by atoms with Crippen molar-refractivity contribution in [1.82, 2.24) is 0 Å². The summed E-state index contributed by atoms with van der Waals surface area (Å²) in [6.45, 7) is 9.31. The molecule has 0 amide bonds. The van der Waals surface area contributed by atoms with E-state index in [1.165, 1.54) is 0 Å². The molecule has 0 aromatic heterocycles. The van der Waals surface area contributed by atoms with Crippen LogP contribution in [0.15, 0.2) is 0 Å². The van der Waals surface area contributed by atoms with E-state index in [1.807, 2.05) is 13.8 Å². The maximum atomic E-state index is 5.66. The van der Waals surface area contributed by atoms with E-state index in [-0.39, 0.29) is 6.04 Å². The summed E-state index contributed by atoms with van der Waals surface area (Å²) in [5, 5.41) is 0. The van der Waals surface area contributed by atoms with E-state index in [9.17, 15) is 0 Å². The van der Waals surface area contributed by atoms with Crippen LogP contribution in [-0.4, -0.2) is 21.0 Å². The fraction of sp³-hybridized carbons (Fsp3) is 1.00. The Morgan fingerprint density at radius 2 is 2.00 bits per heavy atom. The summed E-state index contributed by atoms with van der Waals surface area (Å²) in [6, 6.07) is 1.34. The molecule has 2 nitrogen and oxygen atoms in total. The van der Waals surface area contributed by atoms with Crippen LogP contribution in [0.2, 0.25) is 19.1 Å². The zero-order valence-corrected chi connectivity index (χ0v) is 8.48. The molecular weight excluding hydrogens is 142 g/mol. The molecule has 1 unspecified atom stereocenters. The summed E-state index contributed by atoms with van der Waals surface area (Å²) < 4.78 is 5.60. The molecule has 0 aliphatic carbocycles. The van der Waals surface area contributed by atoms with Crippen LogP contribution in [-0.2, 0) is 4.43 Å². The van der Waals surface area contributed by atoms with Gasteiger partial charge in [-0.3, -0.25) is 0 Å². The molecule has 0 fully saturated rings. The van der Waals surface area contributed by atoms with Gasteiger partial charge in [0.1, 0.15) is 0 Å². The van der Waals surface area contributed by atoms with Gasteiger partial charge in [-0.1, -0.05) is 6.92 Å². The van der Waals surface area contributed by atoms with Crippen LogP contribution in [0, 0.1) is 0 Å². The molecule has 0 rings (SSSR count). The molecule has 1 atom stereocenters. The van der Waals surface area contributed by atoms with E-state index in [1.54, 1.807) is 0 Å². The van der Waals surface area contributed by atoms with E-state index >= 15 is 0 Å². The van der Waals surface area contributed by atoms with Gasteiger partial charge >= 0.3 is 0 Å². The fourth-order valence-electron chi connectivity index (χ4n) is 1.23. The van der Waals surface area contributed by atoms with Crippen molar-refractivity contribution in [2.45, 2.75) is 39.0 Å². The zero-order chi connectivity index (χ0) is 8.20. The molecule has 0 aromatic carbocycles. The average molecular weight is 161 g/mol. The van der Waals surface area contributed by atoms with Crippen molar-refractivity contribution in [1.29, 1.82) is 0 Å². The minimum Gasteiger partial charge on any atom is -0.418 e. The van der Waals surface area contributed by atoms with Crippen LogP contribution < -0.4 is 5.73 Å². The highest BCUT2D eigenvalue weighted by Crippen LogP contribution is 2.11. The second-order valence-corrected chi connectivity index (χ2v) is 7.59. The maximum absolute atomic E-state index is 5.66. The normalized spacial score (nSPS) is 15.3. The molecule has 10 heavy (non-hydrogen) atoms. The molecule has 0 bridgehead atoms. The smallest absolute Gasteiger partial charge is 0.188 e. The van der Waals surface area contributed by atoms with Gasteiger partial charge in [0.05, 0.1) is 0 Å². The van der Waals surface area contributed by atoms with Gasteiger partial charge in [-0.2, -0.15) is 0 Å². The summed E-state index contributed by atoms with van der Waals surface area (Å²) in [7, 11) is -1.39. The zero-order valence-electron chi connectivity index (χ0n) is 7.48.